The first kappa shape index (κ1) is 16.8. The van der Waals surface area contributed by atoms with E-state index >= 15 is 0 Å². The Morgan fingerprint density at radius 3 is 2.75 bits per heavy atom. The number of halogens is 1. The number of nitrogens with two attached hydrogens (primary N) is 1. The maximum Gasteiger partial charge on any atom is 0.242 e. The van der Waals surface area contributed by atoms with E-state index in [1.54, 1.807) is 7.11 Å². The van der Waals surface area contributed by atoms with E-state index in [1.165, 1.54) is 6.07 Å². The van der Waals surface area contributed by atoms with Crippen LogP contribution in [-0.2, 0) is 14.8 Å². The van der Waals surface area contributed by atoms with Gasteiger partial charge < -0.3 is 15.4 Å². The van der Waals surface area contributed by atoms with Gasteiger partial charge in [-0.05, 0) is 25.2 Å². The fourth-order valence-corrected chi connectivity index (χ4v) is 2.71. The van der Waals surface area contributed by atoms with Gasteiger partial charge in [0, 0.05) is 26.7 Å². The summed E-state index contributed by atoms with van der Waals surface area (Å²) in [6, 6.07) is 3.26. The molecule has 1 aromatic rings. The molecule has 0 spiro atoms. The number of methoxy groups -OCH3 is 1. The minimum Gasteiger partial charge on any atom is -0.398 e. The average Bonchev–Trinajstić information content (AvgIpc) is 2.38. The first-order chi connectivity index (χ1) is 9.36. The number of nitrogen functional groups attached to an aromatic ring is 1. The summed E-state index contributed by atoms with van der Waals surface area (Å²) in [4.78, 5) is 1.68. The molecule has 0 saturated carbocycles. The molecular weight excluding hydrogens is 285 g/mol. The van der Waals surface area contributed by atoms with Gasteiger partial charge in [0.2, 0.25) is 10.0 Å². The van der Waals surface area contributed by atoms with Crippen LogP contribution in [0.4, 0.5) is 10.1 Å². The number of benzene rings is 1. The summed E-state index contributed by atoms with van der Waals surface area (Å²) < 4.78 is 44.4. The van der Waals surface area contributed by atoms with Crippen LogP contribution in [0.15, 0.2) is 23.1 Å². The van der Waals surface area contributed by atoms with Crippen molar-refractivity contribution in [1.29, 1.82) is 0 Å². The second kappa shape index (κ2) is 7.53. The normalized spacial score (nSPS) is 12.0. The Morgan fingerprint density at radius 2 is 2.10 bits per heavy atom. The molecule has 0 saturated heterocycles. The van der Waals surface area contributed by atoms with Crippen molar-refractivity contribution >= 4 is 15.7 Å². The third kappa shape index (κ3) is 5.04. The first-order valence-electron chi connectivity index (χ1n) is 6.09. The van der Waals surface area contributed by atoms with Crippen LogP contribution in [0.2, 0.25) is 0 Å². The van der Waals surface area contributed by atoms with Crippen LogP contribution in [-0.4, -0.2) is 53.7 Å². The SMILES string of the molecule is COCCN(C)CCNS(=O)(=O)c1cc(F)ccc1N. The summed E-state index contributed by atoms with van der Waals surface area (Å²) in [5.74, 6) is -0.642. The molecule has 0 amide bonds. The van der Waals surface area contributed by atoms with Crippen molar-refractivity contribution in [2.75, 3.05) is 46.1 Å². The van der Waals surface area contributed by atoms with E-state index in [9.17, 15) is 12.8 Å². The van der Waals surface area contributed by atoms with E-state index in [0.29, 0.717) is 19.7 Å². The highest BCUT2D eigenvalue weighted by Crippen LogP contribution is 2.18. The van der Waals surface area contributed by atoms with Crippen LogP contribution in [0, 0.1) is 5.82 Å². The van der Waals surface area contributed by atoms with Crippen molar-refractivity contribution in [3.8, 4) is 0 Å². The van der Waals surface area contributed by atoms with Crippen molar-refractivity contribution in [2.45, 2.75) is 4.90 Å². The Bertz CT molecular complexity index is 537. The van der Waals surface area contributed by atoms with Crippen LogP contribution in [0.3, 0.4) is 0 Å². The highest BCUT2D eigenvalue weighted by molar-refractivity contribution is 7.89. The van der Waals surface area contributed by atoms with Gasteiger partial charge in [0.25, 0.3) is 0 Å². The predicted octanol–water partition coefficient (Wildman–Crippen LogP) is 0.264. The molecule has 20 heavy (non-hydrogen) atoms. The number of ether oxygens (including phenoxy) is 1. The molecule has 0 unspecified atom stereocenters. The fourth-order valence-electron chi connectivity index (χ4n) is 1.55. The van der Waals surface area contributed by atoms with Gasteiger partial charge >= 0.3 is 0 Å². The number of nitrogens with zero attached hydrogens (tertiary/aromatic N) is 1. The van der Waals surface area contributed by atoms with Crippen LogP contribution < -0.4 is 10.5 Å². The van der Waals surface area contributed by atoms with Crippen LogP contribution in [0.5, 0.6) is 0 Å². The van der Waals surface area contributed by atoms with E-state index in [0.717, 1.165) is 12.1 Å². The molecule has 0 heterocycles. The molecule has 8 heteroatoms. The van der Waals surface area contributed by atoms with E-state index < -0.39 is 15.8 Å². The second-order valence-electron chi connectivity index (χ2n) is 4.38. The zero-order valence-corrected chi connectivity index (χ0v) is 12.4. The van der Waals surface area contributed by atoms with Crippen LogP contribution in [0.25, 0.3) is 0 Å². The van der Waals surface area contributed by atoms with Crippen LogP contribution >= 0.6 is 0 Å². The van der Waals surface area contributed by atoms with Crippen molar-refractivity contribution in [3.05, 3.63) is 24.0 Å². The van der Waals surface area contributed by atoms with Crippen LogP contribution in [0.1, 0.15) is 0 Å². The third-order valence-corrected chi connectivity index (χ3v) is 4.24. The maximum absolute atomic E-state index is 13.1. The Hall–Kier alpha value is -1.22. The lowest BCUT2D eigenvalue weighted by molar-refractivity contribution is 0.162. The van der Waals surface area contributed by atoms with E-state index in [2.05, 4.69) is 4.72 Å². The van der Waals surface area contributed by atoms with Gasteiger partial charge in [-0.2, -0.15) is 0 Å². The Kier molecular flexibility index (Phi) is 6.34. The first-order valence-corrected chi connectivity index (χ1v) is 7.57. The molecule has 0 bridgehead atoms. The fraction of sp³-hybridized carbons (Fsp3) is 0.500. The molecule has 0 atom stereocenters. The largest absolute Gasteiger partial charge is 0.398 e. The second-order valence-corrected chi connectivity index (χ2v) is 6.11. The molecule has 0 aromatic heterocycles. The minimum atomic E-state index is -3.80. The van der Waals surface area contributed by atoms with E-state index in [4.69, 9.17) is 10.5 Å². The summed E-state index contributed by atoms with van der Waals surface area (Å²) in [5, 5.41) is 0. The molecule has 0 aliphatic carbocycles. The highest BCUT2D eigenvalue weighted by atomic mass is 32.2. The smallest absolute Gasteiger partial charge is 0.242 e. The quantitative estimate of drug-likeness (QED) is 0.673. The predicted molar refractivity (Wildman–Crippen MR) is 75.4 cm³/mol. The molecular formula is C12H20FN3O3S. The van der Waals surface area contributed by atoms with Gasteiger partial charge in [-0.15, -0.1) is 0 Å². The van der Waals surface area contributed by atoms with Crippen molar-refractivity contribution in [3.63, 3.8) is 0 Å². The van der Waals surface area contributed by atoms with Gasteiger partial charge in [-0.25, -0.2) is 17.5 Å². The molecule has 1 rings (SSSR count). The highest BCUT2D eigenvalue weighted by Gasteiger charge is 2.17. The molecule has 1 aromatic carbocycles. The van der Waals surface area contributed by atoms with Gasteiger partial charge in [-0.1, -0.05) is 0 Å². The third-order valence-electron chi connectivity index (χ3n) is 2.73. The zero-order chi connectivity index (χ0) is 15.2. The Labute approximate surface area is 118 Å². The van der Waals surface area contributed by atoms with Crippen molar-refractivity contribution in [2.24, 2.45) is 0 Å². The molecule has 0 radical (unpaired) electrons. The number of hydrogen-bond donors (Lipinski definition) is 2. The minimum absolute atomic E-state index is 0.0200. The molecule has 6 nitrogen and oxygen atoms in total. The van der Waals surface area contributed by atoms with E-state index in [-0.39, 0.29) is 17.1 Å². The Balaban J connectivity index is 2.60. The van der Waals surface area contributed by atoms with Gasteiger partial charge in [0.15, 0.2) is 0 Å². The molecule has 0 aliphatic rings. The molecule has 3 N–H and O–H groups in total. The number of likely N-dealkylation sites (N-methyl/N-ethyl adjacent to an activating group) is 1. The van der Waals surface area contributed by atoms with Gasteiger partial charge in [-0.3, -0.25) is 0 Å². The number of anilines is 1. The van der Waals surface area contributed by atoms with Gasteiger partial charge in [0.1, 0.15) is 10.7 Å². The standard InChI is InChI=1S/C12H20FN3O3S/c1-16(7-8-19-2)6-5-15-20(17,18)12-9-10(13)3-4-11(12)14/h3-4,9,15H,5-8,14H2,1-2H3. The summed E-state index contributed by atoms with van der Waals surface area (Å²) in [6.45, 7) is 1.98. The number of hydrogen-bond acceptors (Lipinski definition) is 5. The molecule has 114 valence electrons. The van der Waals surface area contributed by atoms with E-state index in [1.807, 2.05) is 11.9 Å². The lowest BCUT2D eigenvalue weighted by Gasteiger charge is -2.16. The number of nitrogens with one attached hydrogen (secondary N) is 1. The summed E-state index contributed by atoms with van der Waals surface area (Å²) in [5.41, 5.74) is 5.58. The number of rotatable bonds is 8. The average molecular weight is 305 g/mol. The molecule has 0 aliphatic heterocycles. The van der Waals surface area contributed by atoms with Crippen molar-refractivity contribution in [1.82, 2.24) is 9.62 Å². The number of sulfonamides is 1. The molecule has 0 fully saturated rings. The van der Waals surface area contributed by atoms with Crippen molar-refractivity contribution < 1.29 is 17.5 Å². The monoisotopic (exact) mass is 305 g/mol. The van der Waals surface area contributed by atoms with Gasteiger partial charge in [0.05, 0.1) is 12.3 Å². The zero-order valence-electron chi connectivity index (χ0n) is 11.6. The summed E-state index contributed by atoms with van der Waals surface area (Å²) in [7, 11) is -0.351. The maximum atomic E-state index is 13.1. The summed E-state index contributed by atoms with van der Waals surface area (Å²) >= 11 is 0. The topological polar surface area (TPSA) is 84.7 Å². The Morgan fingerprint density at radius 1 is 1.40 bits per heavy atom. The lowest BCUT2D eigenvalue weighted by atomic mass is 10.3. The summed E-state index contributed by atoms with van der Waals surface area (Å²) in [6.07, 6.45) is 0. The lowest BCUT2D eigenvalue weighted by Crippen LogP contribution is -2.34.